The lowest BCUT2D eigenvalue weighted by atomic mass is 9.90. The number of nitrogens with one attached hydrogen (secondary N) is 1. The van der Waals surface area contributed by atoms with Crippen molar-refractivity contribution in [1.82, 2.24) is 10.2 Å². The number of likely N-dealkylation sites (tertiary alicyclic amines) is 1. The van der Waals surface area contributed by atoms with E-state index >= 15 is 0 Å². The average molecular weight is 335 g/mol. The van der Waals surface area contributed by atoms with Crippen LogP contribution in [0, 0.1) is 5.41 Å². The van der Waals surface area contributed by atoms with E-state index in [0.717, 1.165) is 32.6 Å². The van der Waals surface area contributed by atoms with Crippen LogP contribution in [0.2, 0.25) is 0 Å². The van der Waals surface area contributed by atoms with Gasteiger partial charge in [-0.15, -0.1) is 0 Å². The molecule has 1 fully saturated rings. The van der Waals surface area contributed by atoms with Crippen LogP contribution in [-0.4, -0.2) is 50.7 Å². The Morgan fingerprint density at radius 1 is 1.42 bits per heavy atom. The predicted molar refractivity (Wildman–Crippen MR) is 94.2 cm³/mol. The highest BCUT2D eigenvalue weighted by Crippen LogP contribution is 2.32. The molecule has 0 bridgehead atoms. The maximum absolute atomic E-state index is 11.5. The quantitative estimate of drug-likeness (QED) is 0.750. The van der Waals surface area contributed by atoms with E-state index in [1.807, 2.05) is 25.1 Å². The minimum absolute atomic E-state index is 0.00940. The van der Waals surface area contributed by atoms with Gasteiger partial charge in [-0.05, 0) is 49.5 Å². The summed E-state index contributed by atoms with van der Waals surface area (Å²) in [5.41, 5.74) is 7.26. The Morgan fingerprint density at radius 3 is 2.83 bits per heavy atom. The molecule has 1 aliphatic rings. The van der Waals surface area contributed by atoms with Crippen LogP contribution in [0.4, 0.5) is 0 Å². The third-order valence-electron chi connectivity index (χ3n) is 4.50. The molecule has 2 rings (SSSR count). The fourth-order valence-electron chi connectivity index (χ4n) is 3.01. The maximum Gasteiger partial charge on any atom is 0.257 e. The highest BCUT2D eigenvalue weighted by atomic mass is 16.5. The topological polar surface area (TPSA) is 76.8 Å². The molecular weight excluding hydrogens is 306 g/mol. The van der Waals surface area contributed by atoms with Crippen LogP contribution in [0.5, 0.6) is 11.5 Å². The number of hydrogen-bond donors (Lipinski definition) is 2. The van der Waals surface area contributed by atoms with Gasteiger partial charge in [0.05, 0.1) is 7.11 Å². The van der Waals surface area contributed by atoms with Crippen molar-refractivity contribution in [3.63, 3.8) is 0 Å². The summed E-state index contributed by atoms with van der Waals surface area (Å²) in [6.07, 6.45) is 1.13. The number of ether oxygens (including phenoxy) is 2. The smallest absolute Gasteiger partial charge is 0.257 e. The molecule has 0 radical (unpaired) electrons. The van der Waals surface area contributed by atoms with Crippen LogP contribution in [0.25, 0.3) is 0 Å². The molecule has 24 heavy (non-hydrogen) atoms. The van der Waals surface area contributed by atoms with Gasteiger partial charge in [0.2, 0.25) is 0 Å². The number of benzene rings is 1. The van der Waals surface area contributed by atoms with E-state index in [4.69, 9.17) is 15.2 Å². The molecule has 0 saturated carbocycles. The van der Waals surface area contributed by atoms with Crippen LogP contribution in [0.3, 0.4) is 0 Å². The molecule has 1 saturated heterocycles. The molecule has 6 nitrogen and oxygen atoms in total. The zero-order valence-electron chi connectivity index (χ0n) is 14.9. The zero-order valence-corrected chi connectivity index (χ0v) is 14.9. The van der Waals surface area contributed by atoms with Gasteiger partial charge in [-0.25, -0.2) is 0 Å². The fraction of sp³-hybridized carbons (Fsp3) is 0.611. The molecule has 1 aromatic carbocycles. The summed E-state index contributed by atoms with van der Waals surface area (Å²) in [4.78, 5) is 13.9. The molecule has 0 aromatic heterocycles. The Hall–Kier alpha value is -1.79. The summed E-state index contributed by atoms with van der Waals surface area (Å²) in [5.74, 6) is 1.10. The first-order valence-corrected chi connectivity index (χ1v) is 8.48. The third kappa shape index (κ3) is 4.85. The van der Waals surface area contributed by atoms with Crippen molar-refractivity contribution >= 4 is 5.91 Å². The lowest BCUT2D eigenvalue weighted by molar-refractivity contribution is -0.123. The number of rotatable bonds is 8. The van der Waals surface area contributed by atoms with E-state index in [2.05, 4.69) is 17.1 Å². The second-order valence-corrected chi connectivity index (χ2v) is 6.70. The summed E-state index contributed by atoms with van der Waals surface area (Å²) in [6.45, 7) is 8.36. The van der Waals surface area contributed by atoms with Crippen molar-refractivity contribution in [1.29, 1.82) is 0 Å². The van der Waals surface area contributed by atoms with E-state index < -0.39 is 0 Å². The van der Waals surface area contributed by atoms with Gasteiger partial charge in [-0.2, -0.15) is 0 Å². The number of methoxy groups -OCH3 is 1. The minimum Gasteiger partial charge on any atom is -0.493 e. The van der Waals surface area contributed by atoms with Crippen molar-refractivity contribution in [2.75, 3.05) is 39.9 Å². The van der Waals surface area contributed by atoms with Gasteiger partial charge in [0.15, 0.2) is 18.1 Å². The zero-order chi connectivity index (χ0) is 17.6. The molecule has 0 aliphatic carbocycles. The summed E-state index contributed by atoms with van der Waals surface area (Å²) < 4.78 is 11.0. The van der Waals surface area contributed by atoms with Gasteiger partial charge in [0, 0.05) is 19.6 Å². The lowest BCUT2D eigenvalue weighted by Gasteiger charge is -2.22. The van der Waals surface area contributed by atoms with Gasteiger partial charge in [-0.3, -0.25) is 9.69 Å². The second-order valence-electron chi connectivity index (χ2n) is 6.70. The predicted octanol–water partition coefficient (Wildman–Crippen LogP) is 1.38. The fourth-order valence-corrected chi connectivity index (χ4v) is 3.01. The summed E-state index contributed by atoms with van der Waals surface area (Å²) in [5, 5.41) is 2.70. The summed E-state index contributed by atoms with van der Waals surface area (Å²) >= 11 is 0. The normalized spacial score (nSPS) is 20.8. The SMILES string of the molecule is CCNC(=O)COc1ccc(CN2CCC(C)(CN)C2)cc1OC. The number of carbonyl (C=O) groups excluding carboxylic acids is 1. The summed E-state index contributed by atoms with van der Waals surface area (Å²) in [7, 11) is 1.61. The largest absolute Gasteiger partial charge is 0.493 e. The van der Waals surface area contributed by atoms with Crippen LogP contribution >= 0.6 is 0 Å². The third-order valence-corrected chi connectivity index (χ3v) is 4.50. The van der Waals surface area contributed by atoms with E-state index in [0.29, 0.717) is 18.0 Å². The van der Waals surface area contributed by atoms with Crippen LogP contribution in [0.15, 0.2) is 18.2 Å². The number of nitrogens with two attached hydrogens (primary N) is 1. The molecular formula is C18H29N3O3. The minimum atomic E-state index is -0.137. The number of nitrogens with zero attached hydrogens (tertiary/aromatic N) is 1. The maximum atomic E-state index is 11.5. The van der Waals surface area contributed by atoms with Gasteiger partial charge in [0.25, 0.3) is 5.91 Å². The van der Waals surface area contributed by atoms with E-state index in [-0.39, 0.29) is 17.9 Å². The molecule has 3 N–H and O–H groups in total. The number of carbonyl (C=O) groups is 1. The number of amides is 1. The first kappa shape index (κ1) is 18.5. The lowest BCUT2D eigenvalue weighted by Crippen LogP contribution is -2.31. The molecule has 0 spiro atoms. The monoisotopic (exact) mass is 335 g/mol. The van der Waals surface area contributed by atoms with Gasteiger partial charge < -0.3 is 20.5 Å². The molecule has 1 aromatic rings. The van der Waals surface area contributed by atoms with Gasteiger partial charge in [-0.1, -0.05) is 13.0 Å². The highest BCUT2D eigenvalue weighted by molar-refractivity contribution is 5.77. The molecule has 1 heterocycles. The number of hydrogen-bond acceptors (Lipinski definition) is 5. The molecule has 1 amide bonds. The average Bonchev–Trinajstić information content (AvgIpc) is 2.95. The Bertz CT molecular complexity index is 564. The van der Waals surface area contributed by atoms with Gasteiger partial charge in [0.1, 0.15) is 0 Å². The van der Waals surface area contributed by atoms with Crippen molar-refractivity contribution in [3.05, 3.63) is 23.8 Å². The molecule has 1 unspecified atom stereocenters. The first-order valence-electron chi connectivity index (χ1n) is 8.48. The van der Waals surface area contributed by atoms with Crippen molar-refractivity contribution in [3.8, 4) is 11.5 Å². The molecule has 134 valence electrons. The van der Waals surface area contributed by atoms with Crippen molar-refractivity contribution in [2.45, 2.75) is 26.8 Å². The van der Waals surface area contributed by atoms with E-state index in [1.165, 1.54) is 5.56 Å². The van der Waals surface area contributed by atoms with Crippen molar-refractivity contribution < 1.29 is 14.3 Å². The van der Waals surface area contributed by atoms with Crippen molar-refractivity contribution in [2.24, 2.45) is 11.1 Å². The second kappa shape index (κ2) is 8.35. The highest BCUT2D eigenvalue weighted by Gasteiger charge is 2.32. The van der Waals surface area contributed by atoms with E-state index in [1.54, 1.807) is 7.11 Å². The Balaban J connectivity index is 1.97. The standard InChI is InChI=1S/C18H29N3O3/c1-4-20-17(22)11-24-15-6-5-14(9-16(15)23-3)10-21-8-7-18(2,12-19)13-21/h5-6,9H,4,7-8,10-13,19H2,1-3H3,(H,20,22). The first-order chi connectivity index (χ1) is 11.5. The molecule has 6 heteroatoms. The Kier molecular flexibility index (Phi) is 6.45. The van der Waals surface area contributed by atoms with Crippen LogP contribution < -0.4 is 20.5 Å². The number of likely N-dealkylation sites (N-methyl/N-ethyl adjacent to an activating group) is 1. The van der Waals surface area contributed by atoms with Crippen LogP contribution in [-0.2, 0) is 11.3 Å². The molecule has 1 atom stereocenters. The summed E-state index contributed by atoms with van der Waals surface area (Å²) in [6, 6.07) is 5.87. The Morgan fingerprint density at radius 2 is 2.21 bits per heavy atom. The van der Waals surface area contributed by atoms with Crippen LogP contribution in [0.1, 0.15) is 25.8 Å². The van der Waals surface area contributed by atoms with Gasteiger partial charge >= 0.3 is 0 Å². The Labute approximate surface area is 144 Å². The molecule has 1 aliphatic heterocycles. The van der Waals surface area contributed by atoms with E-state index in [9.17, 15) is 4.79 Å².